The molecule has 2 N–H and O–H groups in total. The molecular weight excluding hydrogens is 959 g/mol. The van der Waals surface area contributed by atoms with Gasteiger partial charge in [-0.2, -0.15) is 0 Å². The molecule has 60 heavy (non-hydrogen) atoms. The van der Waals surface area contributed by atoms with Crippen molar-refractivity contribution in [1.82, 2.24) is 0 Å². The number of carboxylic acid groups (broad SMARTS) is 1. The molecule has 0 heterocycles. The predicted octanol–water partition coefficient (Wildman–Crippen LogP) is 13.8. The fraction of sp³-hybridized carbons (Fsp3) is 0.417. The molecule has 1 atom stereocenters. The molecule has 0 saturated heterocycles. The fourth-order valence-electron chi connectivity index (χ4n) is 4.96. The van der Waals surface area contributed by atoms with Crippen LogP contribution >= 0.6 is 74.4 Å². The summed E-state index contributed by atoms with van der Waals surface area (Å²) in [5, 5.41) is 16.6. The normalized spacial score (nSPS) is 10.9. The number of rotatable bonds is 22. The SMILES string of the molecule is CCC(=O)CCCC(=O)CC(Sc1ccc(C)cc1)Sc1ccc(C)cc1.CCCO.Cc1ccc(SC(CC(=O)CCCC(=O)O)Sc2ccc(C)cc2)cc1.[2H]I(C)P. The van der Waals surface area contributed by atoms with Crippen molar-refractivity contribution in [3.63, 3.8) is 0 Å². The molecule has 0 saturated carbocycles. The number of aryl methyl sites for hydroxylation is 4. The number of halogens is 1. The molecule has 0 radical (unpaired) electrons. The number of thioether (sulfide) groups is 4. The third kappa shape index (κ3) is 28.5. The Labute approximate surface area is 390 Å². The van der Waals surface area contributed by atoms with Gasteiger partial charge in [-0.3, -0.25) is 19.2 Å². The standard InChI is InChI=1S/C23H28O2S2.C21H24O3S2.C3H8O.CH6IP/c1-4-19(24)6-5-7-20(25)16-23(26-21-12-8-17(2)9-13-21)27-22-14-10-18(3)11-15-22;1-15-6-10-18(11-7-15)25-21(14-17(22)4-3-5-20(23)24)26-19-12-8-16(2)9-13-19;1-2-3-4;1-2-3/h8-15,23H,4-7,16H2,1-3H3;6-13,21H,3-5,14H2,1-2H3,(H,23,24);4H,2-3H2,1H3;2H,3H2,1H3/i;;;2D. The second kappa shape index (κ2) is 34.4. The van der Waals surface area contributed by atoms with Gasteiger partial charge in [-0.05, 0) is 95.5 Å². The number of carboxylic acids is 1. The summed E-state index contributed by atoms with van der Waals surface area (Å²) in [5.74, 6) is -0.251. The number of carbonyl (C=O) groups excluding carboxylic acids is 3. The summed E-state index contributed by atoms with van der Waals surface area (Å²) in [6, 6.07) is 33.5. The maximum absolute atomic E-state index is 12.5. The van der Waals surface area contributed by atoms with E-state index in [1.807, 2.05) is 18.8 Å². The van der Waals surface area contributed by atoms with Crippen molar-refractivity contribution < 1.29 is 29.4 Å². The molecule has 0 amide bonds. The zero-order valence-corrected chi connectivity index (χ0v) is 42.9. The van der Waals surface area contributed by atoms with Crippen LogP contribution in [0.15, 0.2) is 117 Å². The zero-order valence-electron chi connectivity index (χ0n) is 37.3. The van der Waals surface area contributed by atoms with Crippen LogP contribution in [0.3, 0.4) is 0 Å². The number of aliphatic hydroxyl groups excluding tert-OH is 1. The van der Waals surface area contributed by atoms with E-state index < -0.39 is 26.4 Å². The predicted molar refractivity (Wildman–Crippen MR) is 274 cm³/mol. The summed E-state index contributed by atoms with van der Waals surface area (Å²) in [7, 11) is 0. The topological polar surface area (TPSA) is 109 Å². The first-order valence-electron chi connectivity index (χ1n) is 20.6. The monoisotopic (exact) mass is 1030 g/mol. The van der Waals surface area contributed by atoms with Gasteiger partial charge in [0.05, 0.1) is 9.16 Å². The third-order valence-electron chi connectivity index (χ3n) is 8.32. The molecule has 0 bridgehead atoms. The third-order valence-corrected chi connectivity index (χ3v) is 13.4. The van der Waals surface area contributed by atoms with E-state index in [-0.39, 0.29) is 32.9 Å². The van der Waals surface area contributed by atoms with Crippen LogP contribution in [0, 0.1) is 27.7 Å². The Morgan fingerprint density at radius 2 is 0.817 bits per heavy atom. The number of hydrogen-bond acceptors (Lipinski definition) is 9. The number of carbonyl (C=O) groups is 4. The molecule has 4 aromatic carbocycles. The molecule has 0 fully saturated rings. The number of alkyl halides is 1. The van der Waals surface area contributed by atoms with E-state index >= 15 is 0 Å². The Morgan fingerprint density at radius 1 is 0.567 bits per heavy atom. The number of aliphatic carboxylic acids is 1. The van der Waals surface area contributed by atoms with E-state index in [0.29, 0.717) is 58.0 Å². The average Bonchev–Trinajstić information content (AvgIpc) is 3.21. The van der Waals surface area contributed by atoms with Gasteiger partial charge < -0.3 is 10.2 Å². The van der Waals surface area contributed by atoms with Gasteiger partial charge in [-0.15, -0.1) is 47.0 Å². The van der Waals surface area contributed by atoms with Crippen molar-refractivity contribution >= 4 is 97.7 Å². The summed E-state index contributed by atoms with van der Waals surface area (Å²) in [5.41, 5.74) is 4.89. The van der Waals surface area contributed by atoms with Crippen molar-refractivity contribution in [2.24, 2.45) is 0 Å². The molecule has 1 unspecified atom stereocenters. The van der Waals surface area contributed by atoms with Crippen molar-refractivity contribution in [2.45, 2.75) is 134 Å². The van der Waals surface area contributed by atoms with Crippen LogP contribution in [-0.2, 0) is 19.2 Å². The molecular formula is C48H66IO6PS4. The quantitative estimate of drug-likeness (QED) is 0.0260. The molecule has 0 aliphatic heterocycles. The van der Waals surface area contributed by atoms with Crippen LogP contribution in [0.25, 0.3) is 0 Å². The first kappa shape index (κ1) is 54.0. The van der Waals surface area contributed by atoms with Gasteiger partial charge in [0.15, 0.2) is 0 Å². The zero-order chi connectivity index (χ0) is 45.6. The van der Waals surface area contributed by atoms with Crippen LogP contribution in [0.4, 0.5) is 0 Å². The van der Waals surface area contributed by atoms with Gasteiger partial charge in [0.25, 0.3) is 0 Å². The van der Waals surface area contributed by atoms with Crippen LogP contribution in [0.5, 0.6) is 0 Å². The van der Waals surface area contributed by atoms with Crippen LogP contribution in [0.1, 0.15) is 100 Å². The summed E-state index contributed by atoms with van der Waals surface area (Å²) in [4.78, 5) is 53.4. The summed E-state index contributed by atoms with van der Waals surface area (Å²) < 4.78 is 6.90. The van der Waals surface area contributed by atoms with Gasteiger partial charge in [-0.1, -0.05) is 84.6 Å². The van der Waals surface area contributed by atoms with Crippen LogP contribution < -0.4 is 0 Å². The van der Waals surface area contributed by atoms with Gasteiger partial charge in [0.2, 0.25) is 0 Å². The Bertz CT molecular complexity index is 1730. The van der Waals surface area contributed by atoms with Crippen molar-refractivity contribution in [2.75, 3.05) is 11.5 Å². The molecule has 12 heteroatoms. The average molecular weight is 1030 g/mol. The maximum atomic E-state index is 12.5. The van der Waals surface area contributed by atoms with E-state index in [4.69, 9.17) is 10.8 Å². The molecule has 4 aromatic rings. The van der Waals surface area contributed by atoms with Gasteiger partial charge in [0, 0.05) is 71.1 Å². The van der Waals surface area contributed by atoms with Crippen molar-refractivity contribution in [3.8, 4) is 0 Å². The number of aliphatic hydroxyl groups is 1. The van der Waals surface area contributed by atoms with Gasteiger partial charge >= 0.3 is 38.8 Å². The minimum atomic E-state index is -1.10. The van der Waals surface area contributed by atoms with Gasteiger partial charge in [-0.25, -0.2) is 0 Å². The van der Waals surface area contributed by atoms with Crippen molar-refractivity contribution in [3.05, 3.63) is 119 Å². The molecule has 0 aliphatic carbocycles. The molecule has 4 rings (SSSR count). The molecule has 330 valence electrons. The first-order valence-corrected chi connectivity index (χ1v) is 30.1. The van der Waals surface area contributed by atoms with Gasteiger partial charge in [0.1, 0.15) is 17.3 Å². The van der Waals surface area contributed by atoms with E-state index in [1.54, 1.807) is 47.0 Å². The van der Waals surface area contributed by atoms with E-state index in [2.05, 4.69) is 132 Å². The Kier molecular flexibility index (Phi) is 30.9. The second-order valence-electron chi connectivity index (χ2n) is 14.0. The minimum absolute atomic E-state index is 0.0482. The Hall–Kier alpha value is -2.12. The summed E-state index contributed by atoms with van der Waals surface area (Å²) in [6.45, 7) is 14.9. The Morgan fingerprint density at radius 3 is 1.05 bits per heavy atom. The van der Waals surface area contributed by atoms with E-state index in [0.717, 1.165) is 16.2 Å². The van der Waals surface area contributed by atoms with E-state index in [1.165, 1.54) is 32.0 Å². The number of benzene rings is 4. The van der Waals surface area contributed by atoms with Crippen LogP contribution in [-0.4, -0.2) is 54.8 Å². The summed E-state index contributed by atoms with van der Waals surface area (Å²) >= 11 is 5.77. The molecule has 0 spiro atoms. The summed E-state index contributed by atoms with van der Waals surface area (Å²) in [6.07, 6.45) is 4.83. The first-order chi connectivity index (χ1) is 29.0. The number of hydrogen-bond donors (Lipinski definition) is 2. The molecule has 0 aromatic heterocycles. The number of Topliss-reactive ketones (excluding diaryl/α,β-unsaturated/α-hetero) is 3. The second-order valence-corrected chi connectivity index (χ2v) is 23.9. The van der Waals surface area contributed by atoms with Crippen LogP contribution in [0.2, 0.25) is 0 Å². The van der Waals surface area contributed by atoms with Crippen molar-refractivity contribution in [1.29, 1.82) is 0.594 Å². The fourth-order valence-corrected chi connectivity index (χ4v) is 10.1. The Balaban J connectivity index is 0.000000519. The molecule has 6 nitrogen and oxygen atoms in total. The number of ketones is 3. The molecule has 0 aliphatic rings. The van der Waals surface area contributed by atoms with E-state index in [9.17, 15) is 19.2 Å².